The molecule has 0 unspecified atom stereocenters. The maximum Gasteiger partial charge on any atom is 0.0617 e. The van der Waals surface area contributed by atoms with Crippen LogP contribution in [0.5, 0.6) is 0 Å². The molecule has 0 aromatic rings. The summed E-state index contributed by atoms with van der Waals surface area (Å²) < 4.78 is 3.48. The van der Waals surface area contributed by atoms with Gasteiger partial charge < -0.3 is 5.32 Å². The smallest absolute Gasteiger partial charge is 0.0617 e. The van der Waals surface area contributed by atoms with E-state index in [4.69, 9.17) is 0 Å². The summed E-state index contributed by atoms with van der Waals surface area (Å²) in [5, 5.41) is 3.12. The topological polar surface area (TPSA) is 12.0 Å². The van der Waals surface area contributed by atoms with Crippen LogP contribution in [0.3, 0.4) is 0 Å². The molecule has 1 rings (SSSR count). The van der Waals surface area contributed by atoms with Crippen LogP contribution in [0, 0.1) is 0 Å². The first-order chi connectivity index (χ1) is 3.00. The number of halogens is 1. The maximum atomic E-state index is 3.12. The standard InChI is InChI=1S/C4H6IN/c1-2-5-4-6-3-1/h1-3,6H,4H2. The van der Waals surface area contributed by atoms with Gasteiger partial charge in [-0.25, -0.2) is 0 Å². The Hall–Kier alpha value is 0.140. The van der Waals surface area contributed by atoms with Crippen molar-refractivity contribution in [2.24, 2.45) is 0 Å². The Balaban J connectivity index is 2.46. The molecule has 0 spiro atoms. The molecule has 0 atom stereocenters. The largest absolute Gasteiger partial charge is 0.382 e. The average Bonchev–Trinajstić information content (AvgIpc) is 1.72. The fourth-order valence-electron chi connectivity index (χ4n) is 0.289. The van der Waals surface area contributed by atoms with Crippen molar-refractivity contribution in [3.63, 3.8) is 0 Å². The lowest BCUT2D eigenvalue weighted by atomic mass is 10.7. The molecule has 1 aliphatic heterocycles. The van der Waals surface area contributed by atoms with Crippen LogP contribution in [0.4, 0.5) is 0 Å². The van der Waals surface area contributed by atoms with E-state index in [9.17, 15) is 0 Å². The minimum Gasteiger partial charge on any atom is -0.382 e. The number of hydrogen-bond donors (Lipinski definition) is 1. The lowest BCUT2D eigenvalue weighted by Gasteiger charge is -1.93. The molecule has 0 aromatic heterocycles. The van der Waals surface area contributed by atoms with E-state index in [2.05, 4.69) is 15.4 Å². The molecule has 2 heteroatoms. The van der Waals surface area contributed by atoms with Crippen LogP contribution in [-0.2, 0) is 0 Å². The second kappa shape index (κ2) is 2.34. The third kappa shape index (κ3) is 1.08. The van der Waals surface area contributed by atoms with Gasteiger partial charge in [0.2, 0.25) is 0 Å². The summed E-state index contributed by atoms with van der Waals surface area (Å²) in [5.41, 5.74) is 0. The third-order valence-corrected chi connectivity index (χ3v) is 2.33. The summed E-state index contributed by atoms with van der Waals surface area (Å²) in [4.78, 5) is 0. The van der Waals surface area contributed by atoms with Gasteiger partial charge >= 0.3 is 0 Å². The van der Waals surface area contributed by atoms with Crippen LogP contribution in [-0.4, -0.2) is 8.56 Å². The van der Waals surface area contributed by atoms with E-state index in [-0.39, 0.29) is 0 Å². The number of allylic oxidation sites excluding steroid dienone is 1. The molecule has 6 heavy (non-hydrogen) atoms. The average molecular weight is 195 g/mol. The van der Waals surface area contributed by atoms with E-state index in [1.54, 1.807) is 0 Å². The van der Waals surface area contributed by atoms with Gasteiger partial charge in [0.25, 0.3) is 0 Å². The second-order valence-corrected chi connectivity index (χ2v) is 3.34. The Morgan fingerprint density at radius 3 is 2.83 bits per heavy atom. The molecule has 0 saturated heterocycles. The van der Waals surface area contributed by atoms with Gasteiger partial charge in [-0.15, -0.1) is 20.7 Å². The Morgan fingerprint density at radius 2 is 2.67 bits per heavy atom. The zero-order valence-electron chi connectivity index (χ0n) is 3.32. The SMILES string of the molecule is C1=CNCI=C1. The number of hydrogen-bond acceptors (Lipinski definition) is 1. The van der Waals surface area contributed by atoms with E-state index >= 15 is 0 Å². The van der Waals surface area contributed by atoms with Crippen molar-refractivity contribution < 1.29 is 0 Å². The third-order valence-electron chi connectivity index (χ3n) is 0.530. The maximum absolute atomic E-state index is 3.12. The fourth-order valence-corrected chi connectivity index (χ4v) is 1.55. The molecular formula is C4H6IN. The fraction of sp³-hybridized carbons (Fsp3) is 0.250. The van der Waals surface area contributed by atoms with Gasteiger partial charge in [-0.1, -0.05) is 0 Å². The summed E-state index contributed by atoms with van der Waals surface area (Å²) in [6.07, 6.45) is 4.07. The van der Waals surface area contributed by atoms with Gasteiger partial charge in [0, 0.05) is 0 Å². The van der Waals surface area contributed by atoms with E-state index in [1.165, 1.54) is 4.55 Å². The Labute approximate surface area is 47.2 Å². The van der Waals surface area contributed by atoms with Gasteiger partial charge in [-0.2, -0.15) is 0 Å². The first-order valence-electron chi connectivity index (χ1n) is 1.79. The van der Waals surface area contributed by atoms with Crippen molar-refractivity contribution in [2.45, 2.75) is 0 Å². The molecule has 34 valence electrons. The minimum atomic E-state index is 0.392. The van der Waals surface area contributed by atoms with Crippen LogP contribution in [0.15, 0.2) is 12.3 Å². The van der Waals surface area contributed by atoms with E-state index in [0.29, 0.717) is 20.7 Å². The normalized spacial score (nSPS) is 18.7. The molecular weight excluding hydrogens is 189 g/mol. The molecule has 0 aliphatic carbocycles. The van der Waals surface area contributed by atoms with Gasteiger partial charge in [0.15, 0.2) is 0 Å². The lowest BCUT2D eigenvalue weighted by molar-refractivity contribution is 1.09. The molecule has 0 amide bonds. The highest BCUT2D eigenvalue weighted by molar-refractivity contribution is 14.2. The second-order valence-electron chi connectivity index (χ2n) is 0.977. The minimum absolute atomic E-state index is 0.392. The molecule has 1 nitrogen and oxygen atoms in total. The zero-order valence-corrected chi connectivity index (χ0v) is 5.47. The molecule has 0 radical (unpaired) electrons. The molecule has 1 aliphatic rings. The predicted octanol–water partition coefficient (Wildman–Crippen LogP) is 0.834. The van der Waals surface area contributed by atoms with Gasteiger partial charge in [-0.05, 0) is 16.3 Å². The van der Waals surface area contributed by atoms with Crippen molar-refractivity contribution in [1.29, 1.82) is 0 Å². The molecule has 0 fully saturated rings. The monoisotopic (exact) mass is 195 g/mol. The van der Waals surface area contributed by atoms with Crippen LogP contribution in [0.1, 0.15) is 0 Å². The van der Waals surface area contributed by atoms with E-state index in [0.717, 1.165) is 0 Å². The Kier molecular flexibility index (Phi) is 1.68. The van der Waals surface area contributed by atoms with Crippen molar-refractivity contribution in [1.82, 2.24) is 5.32 Å². The van der Waals surface area contributed by atoms with Gasteiger partial charge in [0.05, 0.1) is 4.55 Å². The highest BCUT2D eigenvalue weighted by atomic mass is 127. The Bertz CT molecular complexity index is 73.5. The molecule has 0 bridgehead atoms. The van der Waals surface area contributed by atoms with E-state index < -0.39 is 0 Å². The number of rotatable bonds is 0. The molecule has 1 heterocycles. The van der Waals surface area contributed by atoms with Crippen molar-refractivity contribution in [3.8, 4) is 0 Å². The summed E-state index contributed by atoms with van der Waals surface area (Å²) in [6, 6.07) is 0. The number of nitrogens with one attached hydrogen (secondary N) is 1. The summed E-state index contributed by atoms with van der Waals surface area (Å²) in [6.45, 7) is 0. The first-order valence-corrected chi connectivity index (χ1v) is 4.57. The zero-order chi connectivity index (χ0) is 4.24. The molecule has 0 saturated carbocycles. The molecule has 0 aromatic carbocycles. The highest BCUT2D eigenvalue weighted by Gasteiger charge is 1.74. The van der Waals surface area contributed by atoms with Crippen molar-refractivity contribution >= 4 is 24.7 Å². The van der Waals surface area contributed by atoms with E-state index in [1.807, 2.05) is 6.20 Å². The van der Waals surface area contributed by atoms with Crippen molar-refractivity contribution in [2.75, 3.05) is 4.55 Å². The van der Waals surface area contributed by atoms with Crippen LogP contribution >= 0.6 is 20.7 Å². The van der Waals surface area contributed by atoms with Gasteiger partial charge in [-0.3, -0.25) is 0 Å². The van der Waals surface area contributed by atoms with Crippen LogP contribution < -0.4 is 5.32 Å². The van der Waals surface area contributed by atoms with Crippen molar-refractivity contribution in [3.05, 3.63) is 12.3 Å². The predicted molar refractivity (Wildman–Crippen MR) is 37.2 cm³/mol. The Morgan fingerprint density at radius 1 is 1.67 bits per heavy atom. The first kappa shape index (κ1) is 4.30. The van der Waals surface area contributed by atoms with Gasteiger partial charge in [0.1, 0.15) is 0 Å². The summed E-state index contributed by atoms with van der Waals surface area (Å²) in [7, 11) is 0. The quantitative estimate of drug-likeness (QED) is 0.343. The van der Waals surface area contributed by atoms with Crippen LogP contribution in [0.2, 0.25) is 0 Å². The summed E-state index contributed by atoms with van der Waals surface area (Å²) >= 11 is 0.392. The highest BCUT2D eigenvalue weighted by Crippen LogP contribution is 1.93. The number of alkyl halides is 1. The van der Waals surface area contributed by atoms with Crippen LogP contribution in [0.25, 0.3) is 0 Å². The summed E-state index contributed by atoms with van der Waals surface area (Å²) in [5.74, 6) is 0. The lowest BCUT2D eigenvalue weighted by Crippen LogP contribution is -2.02. The molecule has 1 N–H and O–H groups in total.